The molecule has 7 nitrogen and oxygen atoms in total. The fourth-order valence-corrected chi connectivity index (χ4v) is 3.24. The summed E-state index contributed by atoms with van der Waals surface area (Å²) in [6.07, 6.45) is 1.07. The van der Waals surface area contributed by atoms with Gasteiger partial charge in [-0.15, -0.1) is 24.0 Å². The highest BCUT2D eigenvalue weighted by atomic mass is 127. The third kappa shape index (κ3) is 12.8. The zero-order valence-corrected chi connectivity index (χ0v) is 20.5. The second-order valence-corrected chi connectivity index (χ2v) is 7.37. The van der Waals surface area contributed by atoms with Crippen molar-refractivity contribution in [2.24, 2.45) is 10.9 Å². The average Bonchev–Trinajstić information content (AvgIpc) is 2.65. The number of ether oxygens (including phenoxy) is 1. The van der Waals surface area contributed by atoms with Crippen molar-refractivity contribution in [1.82, 2.24) is 25.3 Å². The second-order valence-electron chi connectivity index (χ2n) is 7.37. The van der Waals surface area contributed by atoms with Gasteiger partial charge in [0.15, 0.2) is 5.96 Å². The van der Waals surface area contributed by atoms with Crippen molar-refractivity contribution in [2.45, 2.75) is 20.3 Å². The first kappa shape index (κ1) is 26.8. The molecule has 1 rings (SSSR count). The van der Waals surface area contributed by atoms with Crippen LogP contribution in [-0.2, 0) is 4.74 Å². The summed E-state index contributed by atoms with van der Waals surface area (Å²) in [7, 11) is 5.74. The lowest BCUT2D eigenvalue weighted by molar-refractivity contribution is 0.124. The van der Waals surface area contributed by atoms with Gasteiger partial charge in [0.1, 0.15) is 0 Å². The quantitative estimate of drug-likeness (QED) is 0.181. The van der Waals surface area contributed by atoms with Crippen molar-refractivity contribution < 1.29 is 4.74 Å². The molecule has 1 aliphatic rings. The van der Waals surface area contributed by atoms with Gasteiger partial charge in [-0.1, -0.05) is 13.8 Å². The van der Waals surface area contributed by atoms with Gasteiger partial charge in [-0.25, -0.2) is 0 Å². The van der Waals surface area contributed by atoms with Gasteiger partial charge in [-0.05, 0) is 25.9 Å². The lowest BCUT2D eigenvalue weighted by Crippen LogP contribution is -2.49. The van der Waals surface area contributed by atoms with E-state index in [9.17, 15) is 0 Å². The zero-order valence-electron chi connectivity index (χ0n) is 18.2. The van der Waals surface area contributed by atoms with Crippen LogP contribution in [0.1, 0.15) is 20.3 Å². The normalized spacial score (nSPS) is 17.6. The molecule has 1 heterocycles. The maximum atomic E-state index is 5.09. The molecule has 0 aromatic rings. The van der Waals surface area contributed by atoms with Gasteiger partial charge in [0.25, 0.3) is 0 Å². The molecule has 1 fully saturated rings. The summed E-state index contributed by atoms with van der Waals surface area (Å²) >= 11 is 0. The van der Waals surface area contributed by atoms with Crippen LogP contribution in [0.3, 0.4) is 0 Å². The van der Waals surface area contributed by atoms with Crippen molar-refractivity contribution in [1.29, 1.82) is 0 Å². The average molecular weight is 498 g/mol. The maximum Gasteiger partial charge on any atom is 0.191 e. The molecule has 162 valence electrons. The molecule has 27 heavy (non-hydrogen) atoms. The van der Waals surface area contributed by atoms with Crippen molar-refractivity contribution in [3.05, 3.63) is 0 Å². The molecule has 0 aromatic carbocycles. The number of halogens is 1. The van der Waals surface area contributed by atoms with E-state index in [0.717, 1.165) is 51.7 Å². The van der Waals surface area contributed by atoms with Crippen LogP contribution in [0, 0.1) is 5.92 Å². The van der Waals surface area contributed by atoms with E-state index in [0.29, 0.717) is 5.92 Å². The lowest BCUT2D eigenvalue weighted by atomic mass is 10.1. The van der Waals surface area contributed by atoms with Crippen LogP contribution >= 0.6 is 24.0 Å². The second kappa shape index (κ2) is 16.8. The van der Waals surface area contributed by atoms with Crippen molar-refractivity contribution in [3.63, 3.8) is 0 Å². The van der Waals surface area contributed by atoms with E-state index in [1.54, 1.807) is 7.11 Å². The van der Waals surface area contributed by atoms with Crippen LogP contribution < -0.4 is 10.6 Å². The Morgan fingerprint density at radius 2 is 1.81 bits per heavy atom. The van der Waals surface area contributed by atoms with E-state index in [1.165, 1.54) is 32.7 Å². The van der Waals surface area contributed by atoms with Gasteiger partial charge in [0, 0.05) is 79.7 Å². The van der Waals surface area contributed by atoms with Crippen LogP contribution in [0.15, 0.2) is 4.99 Å². The molecule has 1 aliphatic heterocycles. The summed E-state index contributed by atoms with van der Waals surface area (Å²) in [4.78, 5) is 11.8. The van der Waals surface area contributed by atoms with Gasteiger partial charge in [-0.3, -0.25) is 4.99 Å². The minimum Gasteiger partial charge on any atom is -0.385 e. The van der Waals surface area contributed by atoms with Gasteiger partial charge in [-0.2, -0.15) is 0 Å². The highest BCUT2D eigenvalue weighted by Gasteiger charge is 2.17. The molecule has 0 radical (unpaired) electrons. The fraction of sp³-hybridized carbons (Fsp3) is 0.947. The zero-order chi connectivity index (χ0) is 19.2. The van der Waals surface area contributed by atoms with E-state index in [1.807, 2.05) is 7.05 Å². The first-order valence-corrected chi connectivity index (χ1v) is 10.2. The molecule has 1 atom stereocenters. The molecule has 0 aromatic heterocycles. The summed E-state index contributed by atoms with van der Waals surface area (Å²) in [5, 5.41) is 6.88. The van der Waals surface area contributed by atoms with Crippen molar-refractivity contribution in [2.75, 3.05) is 93.3 Å². The Morgan fingerprint density at radius 3 is 2.41 bits per heavy atom. The number of guanidine groups is 1. The van der Waals surface area contributed by atoms with Crippen molar-refractivity contribution in [3.8, 4) is 0 Å². The fourth-order valence-electron chi connectivity index (χ4n) is 3.24. The van der Waals surface area contributed by atoms with Gasteiger partial charge >= 0.3 is 0 Å². The van der Waals surface area contributed by atoms with Gasteiger partial charge in [0.2, 0.25) is 0 Å². The van der Waals surface area contributed by atoms with Crippen LogP contribution in [0.2, 0.25) is 0 Å². The summed E-state index contributed by atoms with van der Waals surface area (Å²) in [6.45, 7) is 16.4. The summed E-state index contributed by atoms with van der Waals surface area (Å²) in [5.74, 6) is 1.51. The molecule has 1 unspecified atom stereocenters. The Hall–Kier alpha value is -0.160. The summed E-state index contributed by atoms with van der Waals surface area (Å²) in [5.41, 5.74) is 0. The molecule has 0 bridgehead atoms. The van der Waals surface area contributed by atoms with E-state index >= 15 is 0 Å². The maximum absolute atomic E-state index is 5.09. The molecule has 0 aliphatic carbocycles. The first-order valence-electron chi connectivity index (χ1n) is 10.2. The number of rotatable bonds is 12. The number of piperazine rings is 1. The van der Waals surface area contributed by atoms with Crippen molar-refractivity contribution >= 4 is 29.9 Å². The van der Waals surface area contributed by atoms with Gasteiger partial charge < -0.3 is 30.1 Å². The Morgan fingerprint density at radius 1 is 1.15 bits per heavy atom. The van der Waals surface area contributed by atoms with Crippen LogP contribution in [0.4, 0.5) is 0 Å². The Kier molecular flexibility index (Phi) is 16.7. The summed E-state index contributed by atoms with van der Waals surface area (Å²) < 4.78 is 5.09. The molecular weight excluding hydrogens is 455 g/mol. The molecule has 0 saturated carbocycles. The Labute approximate surface area is 184 Å². The van der Waals surface area contributed by atoms with E-state index < -0.39 is 0 Å². The third-order valence-electron chi connectivity index (χ3n) is 5.00. The highest BCUT2D eigenvalue weighted by Crippen LogP contribution is 2.05. The number of nitrogens with zero attached hydrogens (tertiary/aromatic N) is 4. The Balaban J connectivity index is 0.00000676. The predicted molar refractivity (Wildman–Crippen MR) is 126 cm³/mol. The van der Waals surface area contributed by atoms with Crippen LogP contribution in [-0.4, -0.2) is 114 Å². The molecule has 0 amide bonds. The molecule has 0 spiro atoms. The monoisotopic (exact) mass is 498 g/mol. The standard InChI is InChI=1S/C19H42N6O.HI/c1-6-24-11-13-25(14-12-24)17-18(2)16-22-19(20-3)21-8-10-23(4)9-7-15-26-5;/h18H,6-17H2,1-5H3,(H2,20,21,22);1H. The number of hydrogen-bond donors (Lipinski definition) is 2. The van der Waals surface area contributed by atoms with Gasteiger partial charge in [0.05, 0.1) is 0 Å². The number of aliphatic imine (C=N–C) groups is 1. The lowest BCUT2D eigenvalue weighted by Gasteiger charge is -2.35. The Bertz CT molecular complexity index is 377. The number of methoxy groups -OCH3 is 1. The first-order chi connectivity index (χ1) is 12.6. The molecule has 2 N–H and O–H groups in total. The number of likely N-dealkylation sites (N-methyl/N-ethyl adjacent to an activating group) is 2. The molecule has 1 saturated heterocycles. The topological polar surface area (TPSA) is 55.4 Å². The molecular formula is C19H43IN6O. The minimum atomic E-state index is 0. The third-order valence-corrected chi connectivity index (χ3v) is 5.00. The predicted octanol–water partition coefficient (Wildman–Crippen LogP) is 1.01. The largest absolute Gasteiger partial charge is 0.385 e. The van der Waals surface area contributed by atoms with E-state index in [2.05, 4.69) is 51.2 Å². The summed E-state index contributed by atoms with van der Waals surface area (Å²) in [6, 6.07) is 0. The smallest absolute Gasteiger partial charge is 0.191 e. The number of nitrogens with one attached hydrogen (secondary N) is 2. The highest BCUT2D eigenvalue weighted by molar-refractivity contribution is 14.0. The molecule has 8 heteroatoms. The SMILES string of the molecule is CCN1CCN(CC(C)CNC(=NC)NCCN(C)CCCOC)CC1.I. The van der Waals surface area contributed by atoms with Crippen LogP contribution in [0.25, 0.3) is 0 Å². The van der Waals surface area contributed by atoms with E-state index in [4.69, 9.17) is 4.74 Å². The minimum absolute atomic E-state index is 0. The number of hydrogen-bond acceptors (Lipinski definition) is 5. The van der Waals surface area contributed by atoms with Crippen LogP contribution in [0.5, 0.6) is 0 Å². The van der Waals surface area contributed by atoms with E-state index in [-0.39, 0.29) is 24.0 Å².